The van der Waals surface area contributed by atoms with Crippen LogP contribution >= 0.6 is 0 Å². The molecule has 20 heteroatoms. The molecule has 0 aliphatic carbocycles. The van der Waals surface area contributed by atoms with E-state index < -0.39 is 108 Å². The summed E-state index contributed by atoms with van der Waals surface area (Å²) >= 11 is 0. The van der Waals surface area contributed by atoms with Crippen LogP contribution in [0.15, 0.2) is 0 Å². The highest BCUT2D eigenvalue weighted by molar-refractivity contribution is 5.98. The van der Waals surface area contributed by atoms with Gasteiger partial charge < -0.3 is 58.9 Å². The van der Waals surface area contributed by atoms with Gasteiger partial charge in [-0.25, -0.2) is 4.79 Å². The quantitative estimate of drug-likeness (QED) is 0.0421. The molecule has 0 spiro atoms. The van der Waals surface area contributed by atoms with Gasteiger partial charge in [0.1, 0.15) is 36.3 Å². The van der Waals surface area contributed by atoms with Gasteiger partial charge in [-0.15, -0.1) is 0 Å². The normalized spacial score (nSPS) is 17.6. The zero-order chi connectivity index (χ0) is 42.7. The molecular weight excluding hydrogens is 734 g/mol. The maximum atomic E-state index is 13.7. The van der Waals surface area contributed by atoms with Gasteiger partial charge in [0.2, 0.25) is 41.4 Å². The highest BCUT2D eigenvalue weighted by Gasteiger charge is 2.36. The first-order valence-electron chi connectivity index (χ1n) is 19.2. The third-order valence-electron chi connectivity index (χ3n) is 9.37. The van der Waals surface area contributed by atoms with Crippen LogP contribution in [-0.2, 0) is 43.2 Å². The molecule has 0 unspecified atom stereocenters. The Balaban J connectivity index is 3.27. The number of hydrogen-bond acceptors (Lipinski definition) is 11. The van der Waals surface area contributed by atoms with Crippen LogP contribution in [0.25, 0.3) is 0 Å². The first kappa shape index (κ1) is 49.2. The number of primary amides is 1. The second-order valence-electron chi connectivity index (χ2n) is 15.0. The fourth-order valence-corrected chi connectivity index (χ4v) is 5.97. The van der Waals surface area contributed by atoms with Crippen molar-refractivity contribution in [3.8, 4) is 0 Å². The molecule has 1 fully saturated rings. The van der Waals surface area contributed by atoms with E-state index in [1.165, 1.54) is 0 Å². The van der Waals surface area contributed by atoms with Gasteiger partial charge in [-0.05, 0) is 69.4 Å². The number of carboxylic acid groups (broad SMARTS) is 2. The van der Waals surface area contributed by atoms with E-state index in [1.807, 2.05) is 6.92 Å². The first-order chi connectivity index (χ1) is 26.2. The number of amides is 7. The standard InChI is InChI=1S/C36H63N9O11/c1-7-20(6)29(45-30(49)21-12-10-14-39-21)35(54)44-28(19(4)5)34(53)42-24(16-26(38)46)33(52)41-23(15-18(2)3)32(51)40-22(11-8-9-13-37)31(50)43-25(36(55)56)17-27(47)48/h18-25,28-29,39H,7-17,37H2,1-6H3,(H2,38,46)(H,40,51)(H,41,52)(H,42,53)(H,43,50)(H,44,54)(H,45,49)(H,47,48)(H,55,56)/t20-,21-,22-,23-,24-,25-,28-,29-/m0/s1. The number of carbonyl (C=O) groups excluding carboxylic acids is 7. The lowest BCUT2D eigenvalue weighted by molar-refractivity contribution is -0.147. The Labute approximate surface area is 327 Å². The van der Waals surface area contributed by atoms with Crippen molar-refractivity contribution in [3.05, 3.63) is 0 Å². The maximum Gasteiger partial charge on any atom is 0.326 e. The molecule has 0 saturated carbocycles. The molecule has 1 heterocycles. The van der Waals surface area contributed by atoms with Gasteiger partial charge in [0.25, 0.3) is 0 Å². The molecule has 13 N–H and O–H groups in total. The number of carbonyl (C=O) groups is 9. The summed E-state index contributed by atoms with van der Waals surface area (Å²) in [6.45, 7) is 11.4. The molecule has 56 heavy (non-hydrogen) atoms. The zero-order valence-electron chi connectivity index (χ0n) is 33.3. The smallest absolute Gasteiger partial charge is 0.326 e. The van der Waals surface area contributed by atoms with Crippen molar-refractivity contribution >= 4 is 53.3 Å². The van der Waals surface area contributed by atoms with Crippen LogP contribution in [-0.4, -0.2) is 119 Å². The zero-order valence-corrected chi connectivity index (χ0v) is 33.3. The third-order valence-corrected chi connectivity index (χ3v) is 9.37. The van der Waals surface area contributed by atoms with E-state index in [2.05, 4.69) is 37.2 Å². The highest BCUT2D eigenvalue weighted by atomic mass is 16.4. The predicted octanol–water partition coefficient (Wildman–Crippen LogP) is -2.04. The van der Waals surface area contributed by atoms with Gasteiger partial charge in [0.05, 0.1) is 18.9 Å². The summed E-state index contributed by atoms with van der Waals surface area (Å²) in [7, 11) is 0. The van der Waals surface area contributed by atoms with E-state index in [0.29, 0.717) is 32.2 Å². The van der Waals surface area contributed by atoms with E-state index in [1.54, 1.807) is 34.6 Å². The Bertz CT molecular complexity index is 1390. The molecule has 0 aromatic carbocycles. The molecule has 1 saturated heterocycles. The SMILES string of the molecule is CC[C@H](C)[C@H](NC(=O)[C@@H]1CCCN1)C(=O)N[C@H](C(=O)N[C@@H](CC(N)=O)C(=O)N[C@@H](CC(C)C)C(=O)N[C@@H](CCCCN)C(=O)N[C@@H](CC(=O)O)C(=O)O)C(C)C. The van der Waals surface area contributed by atoms with E-state index in [9.17, 15) is 48.3 Å². The minimum absolute atomic E-state index is 0.00175. The van der Waals surface area contributed by atoms with Gasteiger partial charge in [-0.2, -0.15) is 0 Å². The molecule has 0 radical (unpaired) electrons. The van der Waals surface area contributed by atoms with Crippen molar-refractivity contribution < 1.29 is 53.4 Å². The summed E-state index contributed by atoms with van der Waals surface area (Å²) in [5.41, 5.74) is 11.0. The molecule has 0 aromatic rings. The molecule has 318 valence electrons. The summed E-state index contributed by atoms with van der Waals surface area (Å²) < 4.78 is 0. The first-order valence-corrected chi connectivity index (χ1v) is 19.2. The lowest BCUT2D eigenvalue weighted by Gasteiger charge is -2.30. The third kappa shape index (κ3) is 17.3. The van der Waals surface area contributed by atoms with Crippen LogP contribution in [0, 0.1) is 17.8 Å². The monoisotopic (exact) mass is 797 g/mol. The Morgan fingerprint density at radius 2 is 1.25 bits per heavy atom. The van der Waals surface area contributed by atoms with E-state index in [-0.39, 0.29) is 37.1 Å². The van der Waals surface area contributed by atoms with Crippen molar-refractivity contribution in [2.75, 3.05) is 13.1 Å². The van der Waals surface area contributed by atoms with E-state index >= 15 is 0 Å². The topological polar surface area (TPSA) is 330 Å². The van der Waals surface area contributed by atoms with Crippen LogP contribution < -0.4 is 48.7 Å². The number of nitrogens with one attached hydrogen (secondary N) is 7. The minimum atomic E-state index is -1.79. The van der Waals surface area contributed by atoms with Crippen LogP contribution in [0.2, 0.25) is 0 Å². The van der Waals surface area contributed by atoms with E-state index in [4.69, 9.17) is 16.6 Å². The summed E-state index contributed by atoms with van der Waals surface area (Å²) in [4.78, 5) is 116. The molecular formula is C36H63N9O11. The van der Waals surface area contributed by atoms with Crippen LogP contribution in [0.3, 0.4) is 0 Å². The van der Waals surface area contributed by atoms with E-state index in [0.717, 1.165) is 6.42 Å². The van der Waals surface area contributed by atoms with Gasteiger partial charge >= 0.3 is 11.9 Å². The fraction of sp³-hybridized carbons (Fsp3) is 0.750. The fourth-order valence-electron chi connectivity index (χ4n) is 5.97. The van der Waals surface area contributed by atoms with Gasteiger partial charge in [0.15, 0.2) is 0 Å². The van der Waals surface area contributed by atoms with Crippen LogP contribution in [0.1, 0.15) is 99.3 Å². The Kier molecular flexibility index (Phi) is 21.6. The number of hydrogen-bond donors (Lipinski definition) is 11. The molecule has 7 amide bonds. The molecule has 8 atom stereocenters. The second kappa shape index (κ2) is 24.6. The minimum Gasteiger partial charge on any atom is -0.481 e. The van der Waals surface area contributed by atoms with Gasteiger partial charge in [-0.1, -0.05) is 48.0 Å². The summed E-state index contributed by atoms with van der Waals surface area (Å²) in [5.74, 6) is -9.67. The van der Waals surface area contributed by atoms with Gasteiger partial charge in [0, 0.05) is 0 Å². The number of aliphatic carboxylic acids is 2. The maximum absolute atomic E-state index is 13.7. The Morgan fingerprint density at radius 3 is 1.75 bits per heavy atom. The van der Waals surface area contributed by atoms with Crippen molar-refractivity contribution in [2.45, 2.75) is 142 Å². The highest BCUT2D eigenvalue weighted by Crippen LogP contribution is 2.14. The average molecular weight is 798 g/mol. The summed E-state index contributed by atoms with van der Waals surface area (Å²) in [6, 6.07) is -8.70. The molecule has 0 aromatic heterocycles. The molecule has 0 bridgehead atoms. The van der Waals surface area contributed by atoms with Crippen molar-refractivity contribution in [2.24, 2.45) is 29.2 Å². The van der Waals surface area contributed by atoms with Crippen molar-refractivity contribution in [1.29, 1.82) is 0 Å². The summed E-state index contributed by atoms with van der Waals surface area (Å²) in [5, 5.41) is 36.7. The Hall–Kier alpha value is -4.85. The molecule has 20 nitrogen and oxygen atoms in total. The summed E-state index contributed by atoms with van der Waals surface area (Å²) in [6.07, 6.45) is 1.16. The largest absolute Gasteiger partial charge is 0.481 e. The molecule has 1 aliphatic rings. The van der Waals surface area contributed by atoms with Crippen LogP contribution in [0.5, 0.6) is 0 Å². The molecule has 1 aliphatic heterocycles. The molecule has 1 rings (SSSR count). The predicted molar refractivity (Wildman–Crippen MR) is 203 cm³/mol. The second-order valence-corrected chi connectivity index (χ2v) is 15.0. The number of carboxylic acids is 2. The van der Waals surface area contributed by atoms with Gasteiger partial charge in [-0.3, -0.25) is 38.4 Å². The number of nitrogens with two attached hydrogens (primary N) is 2. The van der Waals surface area contributed by atoms with Crippen molar-refractivity contribution in [3.63, 3.8) is 0 Å². The lowest BCUT2D eigenvalue weighted by Crippen LogP contribution is -2.61. The van der Waals surface area contributed by atoms with Crippen LogP contribution in [0.4, 0.5) is 0 Å². The number of unbranched alkanes of at least 4 members (excludes halogenated alkanes) is 1. The lowest BCUT2D eigenvalue weighted by atomic mass is 9.96. The average Bonchev–Trinajstić information content (AvgIpc) is 3.65. The number of rotatable bonds is 26. The van der Waals surface area contributed by atoms with Crippen molar-refractivity contribution in [1.82, 2.24) is 37.2 Å². The Morgan fingerprint density at radius 1 is 0.696 bits per heavy atom.